The van der Waals surface area contributed by atoms with E-state index < -0.39 is 5.60 Å². The van der Waals surface area contributed by atoms with Crippen LogP contribution in [-0.4, -0.2) is 15.3 Å². The topological polar surface area (TPSA) is 25.2 Å². The van der Waals surface area contributed by atoms with Crippen LogP contribution in [0.4, 0.5) is 4.39 Å². The van der Waals surface area contributed by atoms with E-state index in [1.807, 2.05) is 23.8 Å². The Morgan fingerprint density at radius 2 is 2.06 bits per heavy atom. The maximum absolute atomic E-state index is 13.8. The Morgan fingerprint density at radius 1 is 1.35 bits per heavy atom. The second-order valence-corrected chi connectivity index (χ2v) is 5.07. The first-order valence-electron chi connectivity index (χ1n) is 5.91. The van der Waals surface area contributed by atoms with Gasteiger partial charge in [-0.15, -0.1) is 0 Å². The summed E-state index contributed by atoms with van der Waals surface area (Å²) in [5, 5.41) is 10.8. The summed E-state index contributed by atoms with van der Waals surface area (Å²) < 4.78 is 15.7. The van der Waals surface area contributed by atoms with E-state index in [1.165, 1.54) is 6.07 Å². The van der Waals surface area contributed by atoms with Gasteiger partial charge in [0.1, 0.15) is 5.82 Å². The minimum Gasteiger partial charge on any atom is -0.390 e. The molecule has 2 rings (SSSR count). The predicted molar refractivity (Wildman–Crippen MR) is 67.6 cm³/mol. The highest BCUT2D eigenvalue weighted by Crippen LogP contribution is 2.26. The average molecular weight is 235 g/mol. The summed E-state index contributed by atoms with van der Waals surface area (Å²) >= 11 is 0. The summed E-state index contributed by atoms with van der Waals surface area (Å²) in [4.78, 5) is 0. The van der Waals surface area contributed by atoms with Gasteiger partial charge in [0.2, 0.25) is 0 Å². The smallest absolute Gasteiger partial charge is 0.147 e. The SMILES string of the molecule is CCn1cc(CC(C)(C)O)c2cccc(F)c21. The summed E-state index contributed by atoms with van der Waals surface area (Å²) in [6.07, 6.45) is 2.46. The Morgan fingerprint density at radius 3 is 2.65 bits per heavy atom. The molecule has 1 N–H and O–H groups in total. The molecular formula is C14H18FNO. The van der Waals surface area contributed by atoms with Crippen LogP contribution in [0.5, 0.6) is 0 Å². The zero-order valence-corrected chi connectivity index (χ0v) is 10.5. The molecule has 3 heteroatoms. The molecule has 0 radical (unpaired) electrons. The lowest BCUT2D eigenvalue weighted by Gasteiger charge is -2.16. The molecule has 0 saturated heterocycles. The van der Waals surface area contributed by atoms with Crippen LogP contribution in [0.3, 0.4) is 0 Å². The Balaban J connectivity index is 2.62. The van der Waals surface area contributed by atoms with Gasteiger partial charge in [0.05, 0.1) is 11.1 Å². The van der Waals surface area contributed by atoms with Gasteiger partial charge in [-0.05, 0) is 32.4 Å². The van der Waals surface area contributed by atoms with E-state index in [9.17, 15) is 9.50 Å². The number of hydrogen-bond acceptors (Lipinski definition) is 1. The van der Waals surface area contributed by atoms with Crippen LogP contribution in [0.1, 0.15) is 26.3 Å². The summed E-state index contributed by atoms with van der Waals surface area (Å²) in [5.41, 5.74) is 0.849. The van der Waals surface area contributed by atoms with Gasteiger partial charge in [-0.3, -0.25) is 0 Å². The molecule has 0 bridgehead atoms. The first kappa shape index (κ1) is 12.1. The first-order valence-corrected chi connectivity index (χ1v) is 5.91. The van der Waals surface area contributed by atoms with E-state index in [0.717, 1.165) is 17.5 Å². The number of nitrogens with zero attached hydrogens (tertiary/aromatic N) is 1. The molecule has 0 amide bonds. The molecule has 0 fully saturated rings. The quantitative estimate of drug-likeness (QED) is 0.868. The summed E-state index contributed by atoms with van der Waals surface area (Å²) in [5.74, 6) is -0.202. The van der Waals surface area contributed by atoms with Crippen molar-refractivity contribution in [3.05, 3.63) is 35.8 Å². The van der Waals surface area contributed by atoms with E-state index in [4.69, 9.17) is 0 Å². The maximum Gasteiger partial charge on any atom is 0.147 e. The van der Waals surface area contributed by atoms with Gasteiger partial charge in [-0.25, -0.2) is 4.39 Å². The summed E-state index contributed by atoms with van der Waals surface area (Å²) in [6, 6.07) is 5.10. The summed E-state index contributed by atoms with van der Waals surface area (Å²) in [6.45, 7) is 6.24. The first-order chi connectivity index (χ1) is 7.92. The van der Waals surface area contributed by atoms with Crippen LogP contribution in [0, 0.1) is 5.82 Å². The third kappa shape index (κ3) is 2.34. The molecule has 2 aromatic rings. The van der Waals surface area contributed by atoms with Crippen molar-refractivity contribution in [2.75, 3.05) is 0 Å². The van der Waals surface area contributed by atoms with Crippen LogP contribution in [0.2, 0.25) is 0 Å². The number of aryl methyl sites for hydroxylation is 1. The van der Waals surface area contributed by atoms with E-state index in [2.05, 4.69) is 0 Å². The van der Waals surface area contributed by atoms with Crippen molar-refractivity contribution in [1.29, 1.82) is 0 Å². The van der Waals surface area contributed by atoms with Gasteiger partial charge in [0.15, 0.2) is 0 Å². The Bertz CT molecular complexity index is 537. The van der Waals surface area contributed by atoms with Crippen LogP contribution in [0.25, 0.3) is 10.9 Å². The predicted octanol–water partition coefficient (Wildman–Crippen LogP) is 3.11. The monoisotopic (exact) mass is 235 g/mol. The van der Waals surface area contributed by atoms with Crippen molar-refractivity contribution in [3.63, 3.8) is 0 Å². The van der Waals surface area contributed by atoms with Gasteiger partial charge in [0.25, 0.3) is 0 Å². The van der Waals surface area contributed by atoms with Crippen molar-refractivity contribution in [1.82, 2.24) is 4.57 Å². The van der Waals surface area contributed by atoms with E-state index in [1.54, 1.807) is 19.9 Å². The fourth-order valence-corrected chi connectivity index (χ4v) is 2.24. The molecule has 0 atom stereocenters. The highest BCUT2D eigenvalue weighted by Gasteiger charge is 2.18. The van der Waals surface area contributed by atoms with Crippen molar-refractivity contribution in [2.24, 2.45) is 0 Å². The number of benzene rings is 1. The van der Waals surface area contributed by atoms with Gasteiger partial charge in [-0.2, -0.15) is 0 Å². The van der Waals surface area contributed by atoms with E-state index in [-0.39, 0.29) is 5.82 Å². The molecule has 0 saturated carbocycles. The Kier molecular flexibility index (Phi) is 2.96. The average Bonchev–Trinajstić information content (AvgIpc) is 2.56. The molecule has 0 aliphatic carbocycles. The molecule has 2 nitrogen and oxygen atoms in total. The van der Waals surface area contributed by atoms with Gasteiger partial charge < -0.3 is 9.67 Å². The van der Waals surface area contributed by atoms with Crippen molar-refractivity contribution in [3.8, 4) is 0 Å². The molecule has 1 heterocycles. The van der Waals surface area contributed by atoms with Gasteiger partial charge in [-0.1, -0.05) is 12.1 Å². The lowest BCUT2D eigenvalue weighted by atomic mass is 9.98. The second-order valence-electron chi connectivity index (χ2n) is 5.07. The third-order valence-electron chi connectivity index (χ3n) is 2.90. The molecule has 0 unspecified atom stereocenters. The van der Waals surface area contributed by atoms with Crippen molar-refractivity contribution >= 4 is 10.9 Å². The summed E-state index contributed by atoms with van der Waals surface area (Å²) in [7, 11) is 0. The number of fused-ring (bicyclic) bond motifs is 1. The highest BCUT2D eigenvalue weighted by atomic mass is 19.1. The number of rotatable bonds is 3. The molecule has 1 aromatic carbocycles. The van der Waals surface area contributed by atoms with E-state index in [0.29, 0.717) is 11.9 Å². The standard InChI is InChI=1S/C14H18FNO/c1-4-16-9-10(8-14(2,3)17)11-6-5-7-12(15)13(11)16/h5-7,9,17H,4,8H2,1-3H3. The molecule has 0 spiro atoms. The normalized spacial score (nSPS) is 12.3. The van der Waals surface area contributed by atoms with E-state index >= 15 is 0 Å². The zero-order valence-electron chi connectivity index (χ0n) is 10.5. The largest absolute Gasteiger partial charge is 0.390 e. The van der Waals surface area contributed by atoms with Crippen LogP contribution in [0.15, 0.2) is 24.4 Å². The van der Waals surface area contributed by atoms with Gasteiger partial charge in [0, 0.05) is 24.5 Å². The molecule has 1 aromatic heterocycles. The third-order valence-corrected chi connectivity index (χ3v) is 2.90. The number of aromatic nitrogens is 1. The minimum atomic E-state index is -0.779. The number of halogens is 1. The van der Waals surface area contributed by atoms with Crippen molar-refractivity contribution < 1.29 is 9.50 Å². The number of para-hydroxylation sites is 1. The van der Waals surface area contributed by atoms with Crippen LogP contribution < -0.4 is 0 Å². The molecule has 0 aliphatic heterocycles. The highest BCUT2D eigenvalue weighted by molar-refractivity contribution is 5.84. The molecular weight excluding hydrogens is 217 g/mol. The number of aliphatic hydroxyl groups is 1. The zero-order chi connectivity index (χ0) is 12.6. The molecule has 92 valence electrons. The maximum atomic E-state index is 13.8. The fraction of sp³-hybridized carbons (Fsp3) is 0.429. The molecule has 17 heavy (non-hydrogen) atoms. The lowest BCUT2D eigenvalue weighted by molar-refractivity contribution is 0.0813. The van der Waals surface area contributed by atoms with Crippen LogP contribution >= 0.6 is 0 Å². The second kappa shape index (κ2) is 4.15. The van der Waals surface area contributed by atoms with Crippen LogP contribution in [-0.2, 0) is 13.0 Å². The lowest BCUT2D eigenvalue weighted by Crippen LogP contribution is -2.21. The van der Waals surface area contributed by atoms with Gasteiger partial charge >= 0.3 is 0 Å². The van der Waals surface area contributed by atoms with Crippen molar-refractivity contribution in [2.45, 2.75) is 39.3 Å². The fourth-order valence-electron chi connectivity index (χ4n) is 2.24. The Labute approximate surface area is 101 Å². The minimum absolute atomic E-state index is 0.202. The Hall–Kier alpha value is -1.35. The molecule has 0 aliphatic rings. The number of hydrogen-bond donors (Lipinski definition) is 1.